The van der Waals surface area contributed by atoms with Crippen LogP contribution < -0.4 is 10.0 Å². The van der Waals surface area contributed by atoms with Gasteiger partial charge in [-0.15, -0.1) is 0 Å². The Kier molecular flexibility index (Phi) is 7.28. The molecule has 0 unspecified atom stereocenters. The van der Waals surface area contributed by atoms with Gasteiger partial charge in [0.2, 0.25) is 15.9 Å². The zero-order valence-electron chi connectivity index (χ0n) is 16.3. The molecule has 30 heavy (non-hydrogen) atoms. The maximum absolute atomic E-state index is 12.7. The van der Waals surface area contributed by atoms with Crippen molar-refractivity contribution in [2.75, 3.05) is 5.32 Å². The van der Waals surface area contributed by atoms with Gasteiger partial charge in [0.25, 0.3) is 0 Å². The SMILES string of the molecule is CC(=O)Nc1ccc(S(=O)(=O)NCc2ccccc2Sc2ccccc2CO)cc1. The van der Waals surface area contributed by atoms with Crippen LogP contribution in [0.3, 0.4) is 0 Å². The first-order valence-electron chi connectivity index (χ1n) is 9.21. The first kappa shape index (κ1) is 22.0. The molecule has 3 N–H and O–H groups in total. The van der Waals surface area contributed by atoms with E-state index in [0.29, 0.717) is 5.69 Å². The first-order chi connectivity index (χ1) is 14.4. The normalized spacial score (nSPS) is 11.3. The zero-order chi connectivity index (χ0) is 21.6. The molecule has 0 atom stereocenters. The zero-order valence-corrected chi connectivity index (χ0v) is 18.0. The lowest BCUT2D eigenvalue weighted by atomic mass is 10.2. The third kappa shape index (κ3) is 5.70. The predicted molar refractivity (Wildman–Crippen MR) is 118 cm³/mol. The van der Waals surface area contributed by atoms with E-state index in [4.69, 9.17) is 0 Å². The van der Waals surface area contributed by atoms with Gasteiger partial charge in [-0.05, 0) is 47.5 Å². The fourth-order valence-electron chi connectivity index (χ4n) is 2.78. The van der Waals surface area contributed by atoms with Crippen molar-refractivity contribution < 1.29 is 18.3 Å². The highest BCUT2D eigenvalue weighted by Gasteiger charge is 2.15. The molecule has 0 aliphatic carbocycles. The largest absolute Gasteiger partial charge is 0.392 e. The van der Waals surface area contributed by atoms with Crippen molar-refractivity contribution in [1.82, 2.24) is 4.72 Å². The second kappa shape index (κ2) is 9.90. The molecule has 0 aromatic heterocycles. The monoisotopic (exact) mass is 442 g/mol. The molecule has 3 aromatic carbocycles. The van der Waals surface area contributed by atoms with Gasteiger partial charge in [-0.3, -0.25) is 4.79 Å². The van der Waals surface area contributed by atoms with Gasteiger partial charge in [0, 0.05) is 28.9 Å². The molecule has 1 amide bonds. The van der Waals surface area contributed by atoms with E-state index in [1.807, 2.05) is 48.5 Å². The van der Waals surface area contributed by atoms with Crippen molar-refractivity contribution in [1.29, 1.82) is 0 Å². The fourth-order valence-corrected chi connectivity index (χ4v) is 4.85. The number of sulfonamides is 1. The van der Waals surface area contributed by atoms with Gasteiger partial charge in [-0.25, -0.2) is 13.1 Å². The molecule has 8 heteroatoms. The number of hydrogen-bond acceptors (Lipinski definition) is 5. The lowest BCUT2D eigenvalue weighted by Crippen LogP contribution is -2.23. The number of carbonyl (C=O) groups is 1. The minimum atomic E-state index is -3.72. The summed E-state index contributed by atoms with van der Waals surface area (Å²) in [6, 6.07) is 21.1. The minimum absolute atomic E-state index is 0.0630. The van der Waals surface area contributed by atoms with Crippen LogP contribution in [-0.4, -0.2) is 19.4 Å². The van der Waals surface area contributed by atoms with Crippen LogP contribution in [0.1, 0.15) is 18.1 Å². The summed E-state index contributed by atoms with van der Waals surface area (Å²) in [5.74, 6) is -0.222. The molecule has 0 fully saturated rings. The van der Waals surface area contributed by atoms with Gasteiger partial charge in [0.05, 0.1) is 11.5 Å². The molecule has 0 saturated heterocycles. The average molecular weight is 443 g/mol. The Morgan fingerprint density at radius 3 is 2.07 bits per heavy atom. The summed E-state index contributed by atoms with van der Waals surface area (Å²) in [6.07, 6.45) is 0. The number of aliphatic hydroxyl groups is 1. The molecular weight excluding hydrogens is 420 g/mol. The quantitative estimate of drug-likeness (QED) is 0.494. The van der Waals surface area contributed by atoms with Crippen molar-refractivity contribution in [2.45, 2.75) is 34.8 Å². The van der Waals surface area contributed by atoms with Crippen LogP contribution >= 0.6 is 11.8 Å². The smallest absolute Gasteiger partial charge is 0.240 e. The molecule has 6 nitrogen and oxygen atoms in total. The first-order valence-corrected chi connectivity index (χ1v) is 11.5. The van der Waals surface area contributed by atoms with Crippen LogP contribution in [0.5, 0.6) is 0 Å². The standard InChI is InChI=1S/C22H22N2O4S2/c1-16(26)24-19-10-12-20(13-11-19)30(27,28)23-14-17-6-2-4-8-21(17)29-22-9-5-3-7-18(22)15-25/h2-13,23,25H,14-15H2,1H3,(H,24,26). The van der Waals surface area contributed by atoms with Crippen LogP contribution in [0.25, 0.3) is 0 Å². The molecule has 0 aliphatic heterocycles. The van der Waals surface area contributed by atoms with E-state index in [0.717, 1.165) is 20.9 Å². The van der Waals surface area contributed by atoms with Crippen molar-refractivity contribution in [3.63, 3.8) is 0 Å². The van der Waals surface area contributed by atoms with Crippen LogP contribution in [0.2, 0.25) is 0 Å². The highest BCUT2D eigenvalue weighted by Crippen LogP contribution is 2.33. The molecule has 0 bridgehead atoms. The maximum Gasteiger partial charge on any atom is 0.240 e. The van der Waals surface area contributed by atoms with Gasteiger partial charge in [-0.2, -0.15) is 0 Å². The molecular formula is C22H22N2O4S2. The summed E-state index contributed by atoms with van der Waals surface area (Å²) in [6.45, 7) is 1.45. The van der Waals surface area contributed by atoms with E-state index in [2.05, 4.69) is 10.0 Å². The van der Waals surface area contributed by atoms with Gasteiger partial charge >= 0.3 is 0 Å². The van der Waals surface area contributed by atoms with Crippen molar-refractivity contribution >= 4 is 33.4 Å². The Labute approximate surface area is 180 Å². The summed E-state index contributed by atoms with van der Waals surface area (Å²) in [5.41, 5.74) is 2.18. The van der Waals surface area contributed by atoms with Gasteiger partial charge < -0.3 is 10.4 Å². The summed E-state index contributed by atoms with van der Waals surface area (Å²) < 4.78 is 28.0. The number of aliphatic hydroxyl groups excluding tert-OH is 1. The summed E-state index contributed by atoms with van der Waals surface area (Å²) >= 11 is 1.48. The molecule has 156 valence electrons. The molecule has 0 saturated carbocycles. The number of rotatable bonds is 8. The lowest BCUT2D eigenvalue weighted by Gasteiger charge is -2.13. The number of benzene rings is 3. The number of nitrogens with one attached hydrogen (secondary N) is 2. The van der Waals surface area contributed by atoms with Gasteiger partial charge in [0.1, 0.15) is 0 Å². The highest BCUT2D eigenvalue weighted by atomic mass is 32.2. The number of carbonyl (C=O) groups excluding carboxylic acids is 1. The predicted octanol–water partition coefficient (Wildman–Crippen LogP) is 3.77. The van der Waals surface area contributed by atoms with Crippen LogP contribution in [0.15, 0.2) is 87.5 Å². The third-order valence-electron chi connectivity index (χ3n) is 4.27. The average Bonchev–Trinajstić information content (AvgIpc) is 2.73. The Morgan fingerprint density at radius 2 is 1.47 bits per heavy atom. The second-order valence-electron chi connectivity index (χ2n) is 6.51. The molecule has 0 radical (unpaired) electrons. The van der Waals surface area contributed by atoms with E-state index in [1.54, 1.807) is 12.1 Å². The Hall–Kier alpha value is -2.65. The van der Waals surface area contributed by atoms with E-state index in [1.165, 1.54) is 30.8 Å². The maximum atomic E-state index is 12.7. The van der Waals surface area contributed by atoms with Crippen LogP contribution in [-0.2, 0) is 28.0 Å². The van der Waals surface area contributed by atoms with Crippen molar-refractivity contribution in [2.24, 2.45) is 0 Å². The third-order valence-corrected chi connectivity index (χ3v) is 6.93. The second-order valence-corrected chi connectivity index (χ2v) is 9.36. The topological polar surface area (TPSA) is 95.5 Å². The Bertz CT molecular complexity index is 1130. The van der Waals surface area contributed by atoms with E-state index in [9.17, 15) is 18.3 Å². The van der Waals surface area contributed by atoms with Crippen molar-refractivity contribution in [3.05, 3.63) is 83.9 Å². The van der Waals surface area contributed by atoms with Crippen LogP contribution in [0.4, 0.5) is 5.69 Å². The minimum Gasteiger partial charge on any atom is -0.392 e. The van der Waals surface area contributed by atoms with Crippen molar-refractivity contribution in [3.8, 4) is 0 Å². The number of amides is 1. The molecule has 0 heterocycles. The molecule has 0 spiro atoms. The summed E-state index contributed by atoms with van der Waals surface area (Å²) in [7, 11) is -3.72. The fraction of sp³-hybridized carbons (Fsp3) is 0.136. The van der Waals surface area contributed by atoms with Gasteiger partial charge in [-0.1, -0.05) is 48.2 Å². The van der Waals surface area contributed by atoms with E-state index >= 15 is 0 Å². The van der Waals surface area contributed by atoms with E-state index < -0.39 is 10.0 Å². The Balaban J connectivity index is 1.75. The van der Waals surface area contributed by atoms with Crippen LogP contribution in [0, 0.1) is 0 Å². The molecule has 3 aromatic rings. The number of hydrogen-bond donors (Lipinski definition) is 3. The lowest BCUT2D eigenvalue weighted by molar-refractivity contribution is -0.114. The highest BCUT2D eigenvalue weighted by molar-refractivity contribution is 7.99. The van der Waals surface area contributed by atoms with E-state index in [-0.39, 0.29) is 24.0 Å². The molecule has 3 rings (SSSR count). The molecule has 0 aliphatic rings. The summed E-state index contributed by atoms with van der Waals surface area (Å²) in [5, 5.41) is 12.1. The number of anilines is 1. The summed E-state index contributed by atoms with van der Waals surface area (Å²) in [4.78, 5) is 13.0. The Morgan fingerprint density at radius 1 is 0.900 bits per heavy atom. The van der Waals surface area contributed by atoms with Gasteiger partial charge in [0.15, 0.2) is 0 Å².